The van der Waals surface area contributed by atoms with Gasteiger partial charge in [-0.25, -0.2) is 9.18 Å². The highest BCUT2D eigenvalue weighted by atomic mass is 19.1. The van der Waals surface area contributed by atoms with E-state index in [-0.39, 0.29) is 23.9 Å². The van der Waals surface area contributed by atoms with Gasteiger partial charge in [-0.1, -0.05) is 36.4 Å². The summed E-state index contributed by atoms with van der Waals surface area (Å²) in [4.78, 5) is 27.3. The van der Waals surface area contributed by atoms with Gasteiger partial charge < -0.3 is 19.7 Å². The SMILES string of the molecule is CC(C)(C)OC(=O)NC[C@@H]1CC[C@@H](C(=O)N2CCc3ccccc3[C@@H]2c2ccc(F)cc2)O1. The van der Waals surface area contributed by atoms with Gasteiger partial charge >= 0.3 is 6.09 Å². The summed E-state index contributed by atoms with van der Waals surface area (Å²) in [5.41, 5.74) is 2.56. The molecular weight excluding hydrogens is 423 g/mol. The third kappa shape index (κ3) is 5.53. The van der Waals surface area contributed by atoms with Crippen molar-refractivity contribution >= 4 is 12.0 Å². The molecule has 0 saturated carbocycles. The number of carbonyl (C=O) groups is 2. The molecule has 33 heavy (non-hydrogen) atoms. The lowest BCUT2D eigenvalue weighted by Gasteiger charge is -2.39. The molecule has 2 amide bonds. The quantitative estimate of drug-likeness (QED) is 0.745. The Kier molecular flexibility index (Phi) is 6.70. The van der Waals surface area contributed by atoms with E-state index >= 15 is 0 Å². The van der Waals surface area contributed by atoms with Crippen LogP contribution in [0.3, 0.4) is 0 Å². The number of alkyl carbamates (subject to hydrolysis) is 1. The molecule has 2 heterocycles. The molecule has 0 bridgehead atoms. The number of fused-ring (bicyclic) bond motifs is 1. The van der Waals surface area contributed by atoms with Gasteiger partial charge in [-0.2, -0.15) is 0 Å². The van der Waals surface area contributed by atoms with Gasteiger partial charge in [0.25, 0.3) is 5.91 Å². The first-order chi connectivity index (χ1) is 15.7. The van der Waals surface area contributed by atoms with Crippen molar-refractivity contribution in [2.45, 2.75) is 63.9 Å². The highest BCUT2D eigenvalue weighted by Gasteiger charge is 2.39. The van der Waals surface area contributed by atoms with Crippen LogP contribution in [0, 0.1) is 5.82 Å². The van der Waals surface area contributed by atoms with Gasteiger partial charge in [-0.15, -0.1) is 0 Å². The van der Waals surface area contributed by atoms with Crippen LogP contribution >= 0.6 is 0 Å². The molecule has 4 rings (SSSR count). The molecule has 6 nitrogen and oxygen atoms in total. The molecule has 2 aromatic rings. The summed E-state index contributed by atoms with van der Waals surface area (Å²) in [6.45, 7) is 6.28. The van der Waals surface area contributed by atoms with E-state index in [1.54, 1.807) is 12.1 Å². The Labute approximate surface area is 194 Å². The van der Waals surface area contributed by atoms with E-state index < -0.39 is 17.8 Å². The van der Waals surface area contributed by atoms with Crippen LogP contribution in [0.1, 0.15) is 56.3 Å². The fourth-order valence-corrected chi connectivity index (χ4v) is 4.54. The van der Waals surface area contributed by atoms with Gasteiger partial charge in [0.15, 0.2) is 0 Å². The average molecular weight is 455 g/mol. The Bertz CT molecular complexity index is 1000. The minimum atomic E-state index is -0.570. The van der Waals surface area contributed by atoms with Gasteiger partial charge in [0.1, 0.15) is 17.5 Å². The number of carbonyl (C=O) groups excluding carboxylic acids is 2. The maximum atomic E-state index is 13.6. The van der Waals surface area contributed by atoms with Crippen molar-refractivity contribution in [2.24, 2.45) is 0 Å². The zero-order valence-electron chi connectivity index (χ0n) is 19.3. The van der Waals surface area contributed by atoms with Crippen molar-refractivity contribution in [3.8, 4) is 0 Å². The molecular formula is C26H31FN2O4. The van der Waals surface area contributed by atoms with Crippen molar-refractivity contribution < 1.29 is 23.5 Å². The summed E-state index contributed by atoms with van der Waals surface area (Å²) in [6, 6.07) is 14.1. The molecule has 3 atom stereocenters. The molecule has 1 fully saturated rings. The lowest BCUT2D eigenvalue weighted by atomic mass is 9.87. The molecule has 0 spiro atoms. The van der Waals surface area contributed by atoms with Crippen LogP contribution in [0.5, 0.6) is 0 Å². The molecule has 2 aliphatic rings. The summed E-state index contributed by atoms with van der Waals surface area (Å²) in [5.74, 6) is -0.376. The van der Waals surface area contributed by atoms with Gasteiger partial charge in [-0.3, -0.25) is 4.79 Å². The topological polar surface area (TPSA) is 67.9 Å². The van der Waals surface area contributed by atoms with Crippen molar-refractivity contribution in [1.29, 1.82) is 0 Å². The Morgan fingerprint density at radius 1 is 1.12 bits per heavy atom. The molecule has 2 aliphatic heterocycles. The zero-order chi connectivity index (χ0) is 23.6. The molecule has 0 aliphatic carbocycles. The number of nitrogens with one attached hydrogen (secondary N) is 1. The Balaban J connectivity index is 1.46. The van der Waals surface area contributed by atoms with Crippen molar-refractivity contribution in [2.75, 3.05) is 13.1 Å². The first-order valence-electron chi connectivity index (χ1n) is 11.5. The van der Waals surface area contributed by atoms with Crippen molar-refractivity contribution in [1.82, 2.24) is 10.2 Å². The maximum Gasteiger partial charge on any atom is 0.407 e. The third-order valence-electron chi connectivity index (χ3n) is 6.01. The monoisotopic (exact) mass is 454 g/mol. The van der Waals surface area contributed by atoms with Crippen LogP contribution in [-0.2, 0) is 20.7 Å². The Morgan fingerprint density at radius 3 is 2.58 bits per heavy atom. The van der Waals surface area contributed by atoms with E-state index in [9.17, 15) is 14.0 Å². The van der Waals surface area contributed by atoms with E-state index in [4.69, 9.17) is 9.47 Å². The largest absolute Gasteiger partial charge is 0.444 e. The number of nitrogens with zero attached hydrogens (tertiary/aromatic N) is 1. The van der Waals surface area contributed by atoms with Crippen LogP contribution in [-0.4, -0.2) is 47.8 Å². The fourth-order valence-electron chi connectivity index (χ4n) is 4.54. The fraction of sp³-hybridized carbons (Fsp3) is 0.462. The van der Waals surface area contributed by atoms with Crippen LogP contribution in [0.2, 0.25) is 0 Å². The van der Waals surface area contributed by atoms with E-state index in [0.717, 1.165) is 17.5 Å². The molecule has 2 aromatic carbocycles. The lowest BCUT2D eigenvalue weighted by molar-refractivity contribution is -0.145. The number of rotatable bonds is 4. The van der Waals surface area contributed by atoms with Crippen LogP contribution in [0.25, 0.3) is 0 Å². The van der Waals surface area contributed by atoms with E-state index in [1.165, 1.54) is 17.7 Å². The van der Waals surface area contributed by atoms with E-state index in [0.29, 0.717) is 25.9 Å². The minimum Gasteiger partial charge on any atom is -0.444 e. The minimum absolute atomic E-state index is 0.0707. The standard InChI is InChI=1S/C26H31FN2O4/c1-26(2,3)33-25(31)28-16-20-12-13-22(32-20)24(30)29-15-14-17-6-4-5-7-21(17)23(29)18-8-10-19(27)11-9-18/h4-11,20,22-23H,12-16H2,1-3H3,(H,28,31)/t20-,22-,23-/m0/s1. The third-order valence-corrected chi connectivity index (χ3v) is 6.01. The highest BCUT2D eigenvalue weighted by molar-refractivity contribution is 5.82. The Morgan fingerprint density at radius 2 is 1.85 bits per heavy atom. The molecule has 0 aromatic heterocycles. The summed E-state index contributed by atoms with van der Waals surface area (Å²) in [7, 11) is 0. The van der Waals surface area contributed by atoms with Gasteiger partial charge in [0.05, 0.1) is 12.1 Å². The molecule has 1 N–H and O–H groups in total. The van der Waals surface area contributed by atoms with Crippen LogP contribution in [0.4, 0.5) is 9.18 Å². The number of ether oxygens (including phenoxy) is 2. The molecule has 7 heteroatoms. The first-order valence-corrected chi connectivity index (χ1v) is 11.5. The van der Waals surface area contributed by atoms with Gasteiger partial charge in [0.2, 0.25) is 0 Å². The Hall–Kier alpha value is -2.93. The number of hydrogen-bond acceptors (Lipinski definition) is 4. The van der Waals surface area contributed by atoms with Crippen molar-refractivity contribution in [3.05, 3.63) is 71.0 Å². The maximum absolute atomic E-state index is 13.6. The highest BCUT2D eigenvalue weighted by Crippen LogP contribution is 2.37. The molecule has 1 saturated heterocycles. The summed E-state index contributed by atoms with van der Waals surface area (Å²) < 4.78 is 24.9. The summed E-state index contributed by atoms with van der Waals surface area (Å²) >= 11 is 0. The number of amides is 2. The second-order valence-corrected chi connectivity index (χ2v) is 9.64. The molecule has 176 valence electrons. The van der Waals surface area contributed by atoms with Crippen LogP contribution < -0.4 is 5.32 Å². The number of hydrogen-bond donors (Lipinski definition) is 1. The number of benzene rings is 2. The zero-order valence-corrected chi connectivity index (χ0v) is 19.3. The van der Waals surface area contributed by atoms with E-state index in [2.05, 4.69) is 11.4 Å². The normalized spacial score (nSPS) is 22.5. The van der Waals surface area contributed by atoms with Gasteiger partial charge in [0, 0.05) is 13.1 Å². The average Bonchev–Trinajstić information content (AvgIpc) is 3.25. The molecule has 0 radical (unpaired) electrons. The predicted octanol–water partition coefficient (Wildman–Crippen LogP) is 4.37. The first kappa shape index (κ1) is 23.2. The van der Waals surface area contributed by atoms with E-state index in [1.807, 2.05) is 43.9 Å². The summed E-state index contributed by atoms with van der Waals surface area (Å²) in [5, 5.41) is 2.73. The van der Waals surface area contributed by atoms with Crippen molar-refractivity contribution in [3.63, 3.8) is 0 Å². The second kappa shape index (κ2) is 9.51. The lowest BCUT2D eigenvalue weighted by Crippen LogP contribution is -2.46. The predicted molar refractivity (Wildman–Crippen MR) is 122 cm³/mol. The summed E-state index contributed by atoms with van der Waals surface area (Å²) in [6.07, 6.45) is 0.725. The second-order valence-electron chi connectivity index (χ2n) is 9.64. The number of halogens is 1. The van der Waals surface area contributed by atoms with Crippen LogP contribution in [0.15, 0.2) is 48.5 Å². The smallest absolute Gasteiger partial charge is 0.407 e. The molecule has 0 unspecified atom stereocenters. The van der Waals surface area contributed by atoms with Gasteiger partial charge in [-0.05, 0) is 68.9 Å².